The van der Waals surface area contributed by atoms with Crippen molar-refractivity contribution in [1.82, 2.24) is 4.90 Å². The Morgan fingerprint density at radius 3 is 2.56 bits per heavy atom. The van der Waals surface area contributed by atoms with Crippen molar-refractivity contribution in [1.29, 1.82) is 0 Å². The van der Waals surface area contributed by atoms with Crippen LogP contribution < -0.4 is 0 Å². The summed E-state index contributed by atoms with van der Waals surface area (Å²) in [6.07, 6.45) is 12.2. The number of cyclic esters (lactones) is 1. The third kappa shape index (κ3) is 4.83. The molecule has 0 unspecified atom stereocenters. The van der Waals surface area contributed by atoms with Gasteiger partial charge in [0, 0.05) is 6.42 Å². The molecule has 0 radical (unpaired) electrons. The number of unbranched alkanes of at least 4 members (excludes halogenated alkanes) is 3. The van der Waals surface area contributed by atoms with Gasteiger partial charge in [-0.2, -0.15) is 0 Å². The first kappa shape index (κ1) is 14.5. The summed E-state index contributed by atoms with van der Waals surface area (Å²) in [5.41, 5.74) is 0. The Morgan fingerprint density at radius 2 is 2.06 bits per heavy atom. The topological polar surface area (TPSA) is 46.6 Å². The molecular weight excluding hydrogens is 206 g/mol. The van der Waals surface area contributed by atoms with Gasteiger partial charge in [0.25, 0.3) is 0 Å². The van der Waals surface area contributed by atoms with Crippen molar-refractivity contribution < 1.29 is 14.3 Å². The highest BCUT2D eigenvalue weighted by atomic mass is 16.6. The van der Waals surface area contributed by atoms with Gasteiger partial charge in [0.05, 0.1) is 6.54 Å². The Kier molecular flexibility index (Phi) is 7.96. The molecule has 0 spiro atoms. The summed E-state index contributed by atoms with van der Waals surface area (Å²) in [5, 5.41) is 0. The summed E-state index contributed by atoms with van der Waals surface area (Å²) in [4.78, 5) is 23.6. The van der Waals surface area contributed by atoms with Gasteiger partial charge in [-0.15, -0.1) is 12.8 Å². The lowest BCUT2D eigenvalue weighted by atomic mass is 10.1. The summed E-state index contributed by atoms with van der Waals surface area (Å²) in [5.74, 6) is -0.0939. The van der Waals surface area contributed by atoms with Crippen LogP contribution in [0.15, 0.2) is 0 Å². The Hall–Kier alpha value is -1.50. The fourth-order valence-corrected chi connectivity index (χ4v) is 1.46. The molecular formula is C12H19NO3. The summed E-state index contributed by atoms with van der Waals surface area (Å²) >= 11 is 0. The van der Waals surface area contributed by atoms with E-state index in [0.717, 1.165) is 25.7 Å². The second-order valence-electron chi connectivity index (χ2n) is 3.47. The van der Waals surface area contributed by atoms with Crippen LogP contribution in [-0.4, -0.2) is 30.1 Å². The van der Waals surface area contributed by atoms with Crippen LogP contribution in [0.3, 0.4) is 0 Å². The summed E-state index contributed by atoms with van der Waals surface area (Å²) in [6, 6.07) is 0. The van der Waals surface area contributed by atoms with E-state index in [1.54, 1.807) is 0 Å². The van der Waals surface area contributed by atoms with Gasteiger partial charge < -0.3 is 4.74 Å². The zero-order valence-corrected chi connectivity index (χ0v) is 9.78. The third-order valence-corrected chi connectivity index (χ3v) is 2.31. The molecule has 1 aliphatic rings. The lowest BCUT2D eigenvalue weighted by Gasteiger charge is -2.09. The third-order valence-electron chi connectivity index (χ3n) is 2.31. The molecule has 0 aliphatic carbocycles. The summed E-state index contributed by atoms with van der Waals surface area (Å²) < 4.78 is 4.68. The number of rotatable bonds is 5. The number of hydrogen-bond donors (Lipinski definition) is 0. The summed E-state index contributed by atoms with van der Waals surface area (Å²) in [6.45, 7) is 2.89. The number of carbonyl (C=O) groups excluding carboxylic acids is 2. The fourth-order valence-electron chi connectivity index (χ4n) is 1.46. The van der Waals surface area contributed by atoms with Crippen molar-refractivity contribution in [2.24, 2.45) is 0 Å². The highest BCUT2D eigenvalue weighted by molar-refractivity contribution is 5.92. The average Bonchev–Trinajstić information content (AvgIpc) is 2.73. The number of hydrogen-bond acceptors (Lipinski definition) is 3. The molecule has 0 aromatic heterocycles. The Labute approximate surface area is 96.9 Å². The molecule has 4 nitrogen and oxygen atoms in total. The molecule has 0 aromatic carbocycles. The zero-order valence-electron chi connectivity index (χ0n) is 9.78. The second kappa shape index (κ2) is 8.78. The minimum Gasteiger partial charge on any atom is -0.447 e. The number of carbonyl (C=O) groups is 2. The van der Waals surface area contributed by atoms with E-state index < -0.39 is 6.09 Å². The van der Waals surface area contributed by atoms with E-state index in [-0.39, 0.29) is 5.91 Å². The highest BCUT2D eigenvalue weighted by Crippen LogP contribution is 2.09. The van der Waals surface area contributed by atoms with Crippen molar-refractivity contribution >= 4 is 12.0 Å². The van der Waals surface area contributed by atoms with Crippen molar-refractivity contribution in [2.75, 3.05) is 13.2 Å². The lowest BCUT2D eigenvalue weighted by Crippen LogP contribution is -2.31. The largest absolute Gasteiger partial charge is 0.447 e. The Bertz CT molecular complexity index is 248. The number of imide groups is 1. The zero-order chi connectivity index (χ0) is 12.4. The SMILES string of the molecule is C#C.CCCCCCC(=O)N1CCOC1=O. The van der Waals surface area contributed by atoms with Crippen LogP contribution in [0.1, 0.15) is 39.0 Å². The molecule has 0 bridgehead atoms. The molecule has 0 saturated carbocycles. The van der Waals surface area contributed by atoms with E-state index in [2.05, 4.69) is 24.5 Å². The molecule has 1 fully saturated rings. The molecule has 1 aliphatic heterocycles. The normalized spacial score (nSPS) is 13.9. The van der Waals surface area contributed by atoms with Crippen LogP contribution >= 0.6 is 0 Å². The number of ether oxygens (including phenoxy) is 1. The molecule has 1 rings (SSSR count). The molecule has 0 N–H and O–H groups in total. The van der Waals surface area contributed by atoms with Gasteiger partial charge in [-0.25, -0.2) is 9.69 Å². The second-order valence-corrected chi connectivity index (χ2v) is 3.47. The first-order valence-corrected chi connectivity index (χ1v) is 5.56. The maximum atomic E-state index is 11.4. The van der Waals surface area contributed by atoms with Crippen LogP contribution in [0.25, 0.3) is 0 Å². The van der Waals surface area contributed by atoms with E-state index in [4.69, 9.17) is 0 Å². The number of amides is 2. The van der Waals surface area contributed by atoms with E-state index in [0.29, 0.717) is 19.6 Å². The van der Waals surface area contributed by atoms with Crippen molar-refractivity contribution in [2.45, 2.75) is 39.0 Å². The average molecular weight is 225 g/mol. The van der Waals surface area contributed by atoms with Gasteiger partial charge in [0.1, 0.15) is 6.61 Å². The van der Waals surface area contributed by atoms with Crippen molar-refractivity contribution in [3.05, 3.63) is 0 Å². The molecule has 1 heterocycles. The van der Waals surface area contributed by atoms with Gasteiger partial charge in [0.15, 0.2) is 0 Å². The summed E-state index contributed by atoms with van der Waals surface area (Å²) in [7, 11) is 0. The van der Waals surface area contributed by atoms with Crippen LogP contribution in [0.2, 0.25) is 0 Å². The fraction of sp³-hybridized carbons (Fsp3) is 0.667. The minimum absolute atomic E-state index is 0.0939. The van der Waals surface area contributed by atoms with E-state index in [1.807, 2.05) is 0 Å². The van der Waals surface area contributed by atoms with Gasteiger partial charge in [-0.05, 0) is 6.42 Å². The first-order valence-electron chi connectivity index (χ1n) is 5.56. The van der Waals surface area contributed by atoms with Crippen LogP contribution in [0.4, 0.5) is 4.79 Å². The van der Waals surface area contributed by atoms with E-state index >= 15 is 0 Å². The molecule has 2 amide bonds. The quantitative estimate of drug-likeness (QED) is 0.532. The predicted octanol–water partition coefficient (Wildman–Crippen LogP) is 2.19. The lowest BCUT2D eigenvalue weighted by molar-refractivity contribution is -0.127. The first-order chi connectivity index (χ1) is 7.75. The van der Waals surface area contributed by atoms with Crippen molar-refractivity contribution in [3.63, 3.8) is 0 Å². The maximum absolute atomic E-state index is 11.4. The Balaban J connectivity index is 0.00000106. The van der Waals surface area contributed by atoms with Crippen LogP contribution in [-0.2, 0) is 9.53 Å². The molecule has 4 heteroatoms. The maximum Gasteiger partial charge on any atom is 0.416 e. The van der Waals surface area contributed by atoms with Gasteiger partial charge >= 0.3 is 6.09 Å². The van der Waals surface area contributed by atoms with Gasteiger partial charge in [-0.1, -0.05) is 26.2 Å². The number of terminal acetylenes is 1. The monoisotopic (exact) mass is 225 g/mol. The highest BCUT2D eigenvalue weighted by Gasteiger charge is 2.27. The van der Waals surface area contributed by atoms with E-state index in [1.165, 1.54) is 4.90 Å². The van der Waals surface area contributed by atoms with E-state index in [9.17, 15) is 9.59 Å². The molecule has 90 valence electrons. The smallest absolute Gasteiger partial charge is 0.416 e. The molecule has 0 atom stereocenters. The van der Waals surface area contributed by atoms with Crippen LogP contribution in [0, 0.1) is 12.8 Å². The van der Waals surface area contributed by atoms with Gasteiger partial charge in [-0.3, -0.25) is 4.79 Å². The van der Waals surface area contributed by atoms with Crippen molar-refractivity contribution in [3.8, 4) is 12.8 Å². The molecule has 16 heavy (non-hydrogen) atoms. The predicted molar refractivity (Wildman–Crippen MR) is 61.7 cm³/mol. The molecule has 0 aromatic rings. The minimum atomic E-state index is -0.481. The molecule has 1 saturated heterocycles. The van der Waals surface area contributed by atoms with Gasteiger partial charge in [0.2, 0.25) is 5.91 Å². The van der Waals surface area contributed by atoms with Crippen LogP contribution in [0.5, 0.6) is 0 Å². The Morgan fingerprint density at radius 1 is 1.38 bits per heavy atom. The number of nitrogens with zero attached hydrogens (tertiary/aromatic N) is 1. The standard InChI is InChI=1S/C10H17NO3.C2H2/c1-2-3-4-5-6-9(12)11-7-8-14-10(11)13;1-2/h2-8H2,1H3;1-2H.